The van der Waals surface area contributed by atoms with Gasteiger partial charge in [-0.05, 0) is 0 Å². The van der Waals surface area contributed by atoms with Gasteiger partial charge in [0.05, 0.1) is 23.2 Å². The summed E-state index contributed by atoms with van der Waals surface area (Å²) in [5.74, 6) is 0. The van der Waals surface area contributed by atoms with Crippen molar-refractivity contribution >= 4 is 33.2 Å². The number of halogens is 2. The van der Waals surface area contributed by atoms with Gasteiger partial charge >= 0.3 is 0 Å². The molecule has 0 aliphatic carbocycles. The van der Waals surface area contributed by atoms with Crippen LogP contribution in [-0.2, 0) is 21.8 Å². The predicted molar refractivity (Wildman–Crippen MR) is 69.6 cm³/mol. The molecule has 0 aliphatic heterocycles. The smallest absolute Gasteiger partial charge is 0.261 e. The van der Waals surface area contributed by atoms with Crippen molar-refractivity contribution in [2.75, 3.05) is 27.3 Å². The third kappa shape index (κ3) is 3.36. The Labute approximate surface area is 116 Å². The molecule has 0 spiro atoms. The molecular formula is C9H15Cl2N3O3S. The molecule has 6 nitrogen and oxygen atoms in total. The van der Waals surface area contributed by atoms with Crippen molar-refractivity contribution in [3.05, 3.63) is 11.2 Å². The number of aryl methyl sites for hydroxylation is 1. The number of methoxy groups -OCH3 is 1. The molecule has 0 aliphatic rings. The van der Waals surface area contributed by atoms with Crippen molar-refractivity contribution in [2.24, 2.45) is 7.05 Å². The molecule has 1 rings (SSSR count). The molecule has 18 heavy (non-hydrogen) atoms. The first-order valence-corrected chi connectivity index (χ1v) is 7.33. The van der Waals surface area contributed by atoms with Crippen LogP contribution in [0.2, 0.25) is 5.02 Å². The number of nitrogens with zero attached hydrogens (tertiary/aromatic N) is 3. The highest BCUT2D eigenvalue weighted by Gasteiger charge is 2.28. The van der Waals surface area contributed by atoms with Gasteiger partial charge in [-0.25, -0.2) is 8.42 Å². The van der Waals surface area contributed by atoms with E-state index in [0.29, 0.717) is 0 Å². The molecule has 1 heterocycles. The number of alkyl halides is 1. The van der Waals surface area contributed by atoms with Gasteiger partial charge in [0.15, 0.2) is 5.03 Å². The minimum absolute atomic E-state index is 0.0482. The van der Waals surface area contributed by atoms with Gasteiger partial charge in [0.2, 0.25) is 0 Å². The van der Waals surface area contributed by atoms with Crippen LogP contribution in [0.5, 0.6) is 0 Å². The second-order valence-electron chi connectivity index (χ2n) is 3.76. The Bertz CT molecular complexity index is 484. The third-order valence-electron chi connectivity index (χ3n) is 2.30. The van der Waals surface area contributed by atoms with E-state index in [4.69, 9.17) is 27.9 Å². The van der Waals surface area contributed by atoms with Gasteiger partial charge in [0, 0.05) is 27.7 Å². The molecule has 0 radical (unpaired) electrons. The van der Waals surface area contributed by atoms with Crippen LogP contribution in [0.25, 0.3) is 0 Å². The number of rotatable bonds is 6. The first-order chi connectivity index (χ1) is 8.30. The zero-order chi connectivity index (χ0) is 13.9. The maximum Gasteiger partial charge on any atom is 0.261 e. The van der Waals surface area contributed by atoms with Crippen LogP contribution in [0.15, 0.2) is 11.2 Å². The zero-order valence-electron chi connectivity index (χ0n) is 10.3. The van der Waals surface area contributed by atoms with Gasteiger partial charge in [-0.2, -0.15) is 9.40 Å². The highest BCUT2D eigenvalue weighted by atomic mass is 35.5. The monoisotopic (exact) mass is 315 g/mol. The van der Waals surface area contributed by atoms with Crippen LogP contribution in [0.1, 0.15) is 0 Å². The Kier molecular flexibility index (Phi) is 5.42. The molecule has 1 unspecified atom stereocenters. The summed E-state index contributed by atoms with van der Waals surface area (Å²) in [7, 11) is 0.741. The Morgan fingerprint density at radius 1 is 1.61 bits per heavy atom. The van der Waals surface area contributed by atoms with E-state index in [-0.39, 0.29) is 23.2 Å². The average molecular weight is 316 g/mol. The third-order valence-corrected chi connectivity index (χ3v) is 4.90. The van der Waals surface area contributed by atoms with E-state index < -0.39 is 15.4 Å². The van der Waals surface area contributed by atoms with E-state index in [1.54, 1.807) is 0 Å². The SMILES string of the molecule is COCC(Cl)CN(C)S(=O)(=O)c1c(Cl)cnn1C. The van der Waals surface area contributed by atoms with Crippen LogP contribution in [0.3, 0.4) is 0 Å². The lowest BCUT2D eigenvalue weighted by atomic mass is 10.4. The van der Waals surface area contributed by atoms with Crippen LogP contribution in [-0.4, -0.2) is 55.2 Å². The Balaban J connectivity index is 2.94. The summed E-state index contributed by atoms with van der Waals surface area (Å²) in [5, 5.41) is 3.41. The maximum absolute atomic E-state index is 12.3. The standard InChI is InChI=1S/C9H15Cl2N3O3S/c1-13(5-7(10)6-17-3)18(15,16)9-8(11)4-12-14(9)2/h4,7H,5-6H2,1-3H3. The summed E-state index contributed by atoms with van der Waals surface area (Å²) in [6.45, 7) is 0.389. The highest BCUT2D eigenvalue weighted by Crippen LogP contribution is 2.23. The molecule has 9 heteroatoms. The van der Waals surface area contributed by atoms with Gasteiger partial charge < -0.3 is 4.74 Å². The minimum Gasteiger partial charge on any atom is -0.383 e. The van der Waals surface area contributed by atoms with E-state index in [0.717, 1.165) is 4.31 Å². The molecule has 0 bridgehead atoms. The molecule has 104 valence electrons. The zero-order valence-corrected chi connectivity index (χ0v) is 12.6. The van der Waals surface area contributed by atoms with Crippen molar-refractivity contribution < 1.29 is 13.2 Å². The predicted octanol–water partition coefficient (Wildman–Crippen LogP) is 0.948. The molecule has 0 aromatic carbocycles. The fourth-order valence-electron chi connectivity index (χ4n) is 1.45. The number of ether oxygens (including phenoxy) is 1. The summed E-state index contributed by atoms with van der Waals surface area (Å²) in [4.78, 5) is 0. The minimum atomic E-state index is -3.71. The quantitative estimate of drug-likeness (QED) is 0.733. The largest absolute Gasteiger partial charge is 0.383 e. The van der Waals surface area contributed by atoms with Crippen LogP contribution >= 0.6 is 23.2 Å². The van der Waals surface area contributed by atoms with Gasteiger partial charge in [-0.3, -0.25) is 4.68 Å². The van der Waals surface area contributed by atoms with Crippen LogP contribution < -0.4 is 0 Å². The lowest BCUT2D eigenvalue weighted by molar-refractivity contribution is 0.192. The van der Waals surface area contributed by atoms with E-state index in [1.807, 2.05) is 0 Å². The van der Waals surface area contributed by atoms with Crippen LogP contribution in [0.4, 0.5) is 0 Å². The van der Waals surface area contributed by atoms with Gasteiger partial charge in [-0.1, -0.05) is 11.6 Å². The second kappa shape index (κ2) is 6.21. The topological polar surface area (TPSA) is 64.4 Å². The van der Waals surface area contributed by atoms with Crippen molar-refractivity contribution in [1.29, 1.82) is 0 Å². The first kappa shape index (κ1) is 15.7. The van der Waals surface area contributed by atoms with Crippen molar-refractivity contribution in [2.45, 2.75) is 10.4 Å². The molecule has 0 fully saturated rings. The highest BCUT2D eigenvalue weighted by molar-refractivity contribution is 7.89. The first-order valence-electron chi connectivity index (χ1n) is 5.07. The van der Waals surface area contributed by atoms with E-state index >= 15 is 0 Å². The summed E-state index contributed by atoms with van der Waals surface area (Å²) >= 11 is 11.8. The van der Waals surface area contributed by atoms with Crippen molar-refractivity contribution in [3.8, 4) is 0 Å². The number of sulfonamides is 1. The maximum atomic E-state index is 12.3. The van der Waals surface area contributed by atoms with Gasteiger partial charge in [0.1, 0.15) is 0 Å². The fraction of sp³-hybridized carbons (Fsp3) is 0.667. The second-order valence-corrected chi connectivity index (χ2v) is 6.74. The molecule has 1 aromatic rings. The molecular weight excluding hydrogens is 301 g/mol. The molecule has 0 saturated heterocycles. The number of aromatic nitrogens is 2. The summed E-state index contributed by atoms with van der Waals surface area (Å²) in [5.41, 5.74) is 0. The molecule has 1 atom stereocenters. The Hall–Kier alpha value is -0.340. The fourth-order valence-corrected chi connectivity index (χ4v) is 3.67. The van der Waals surface area contributed by atoms with E-state index in [2.05, 4.69) is 5.10 Å². The lowest BCUT2D eigenvalue weighted by Crippen LogP contribution is -2.35. The summed E-state index contributed by atoms with van der Waals surface area (Å²) in [6.07, 6.45) is 1.29. The normalized spacial score (nSPS) is 14.1. The van der Waals surface area contributed by atoms with E-state index in [9.17, 15) is 8.42 Å². The van der Waals surface area contributed by atoms with E-state index in [1.165, 1.54) is 32.1 Å². The molecule has 0 amide bonds. The Morgan fingerprint density at radius 2 is 2.22 bits per heavy atom. The molecule has 0 N–H and O–H groups in total. The Morgan fingerprint density at radius 3 is 2.67 bits per heavy atom. The van der Waals surface area contributed by atoms with Crippen molar-refractivity contribution in [1.82, 2.24) is 14.1 Å². The summed E-state index contributed by atoms with van der Waals surface area (Å²) < 4.78 is 31.7. The van der Waals surface area contributed by atoms with Crippen molar-refractivity contribution in [3.63, 3.8) is 0 Å². The average Bonchev–Trinajstić information content (AvgIpc) is 2.59. The molecule has 1 aromatic heterocycles. The molecule has 0 saturated carbocycles. The van der Waals surface area contributed by atoms with Gasteiger partial charge in [-0.15, -0.1) is 11.6 Å². The lowest BCUT2D eigenvalue weighted by Gasteiger charge is -2.19. The van der Waals surface area contributed by atoms with Crippen LogP contribution in [0, 0.1) is 0 Å². The number of hydrogen-bond donors (Lipinski definition) is 0. The summed E-state index contributed by atoms with van der Waals surface area (Å²) in [6, 6.07) is 0. The number of hydrogen-bond acceptors (Lipinski definition) is 4. The van der Waals surface area contributed by atoms with Gasteiger partial charge in [0.25, 0.3) is 10.0 Å².